The molecule has 0 saturated carbocycles. The van der Waals surface area contributed by atoms with Crippen LogP contribution in [0.4, 0.5) is 5.69 Å². The van der Waals surface area contributed by atoms with Crippen molar-refractivity contribution < 1.29 is 13.9 Å². The number of anilines is 1. The Morgan fingerprint density at radius 2 is 2.04 bits per heavy atom. The fraction of sp³-hybridized carbons (Fsp3) is 0.100. The predicted molar refractivity (Wildman–Crippen MR) is 103 cm³/mol. The fourth-order valence-corrected chi connectivity index (χ4v) is 2.66. The second-order valence-corrected chi connectivity index (χ2v) is 6.12. The highest BCUT2D eigenvalue weighted by Crippen LogP contribution is 2.27. The third-order valence-corrected chi connectivity index (χ3v) is 4.02. The number of carbonyl (C=O) groups is 1. The van der Waals surface area contributed by atoms with E-state index in [2.05, 4.69) is 5.32 Å². The number of fused-ring (bicyclic) bond motifs is 1. The van der Waals surface area contributed by atoms with Gasteiger partial charge in [0, 0.05) is 11.1 Å². The van der Waals surface area contributed by atoms with Crippen LogP contribution in [-0.4, -0.2) is 13.0 Å². The molecule has 0 fully saturated rings. The Bertz CT molecular complexity index is 1070. The molecule has 2 aromatic carbocycles. The largest absolute Gasteiger partial charge is 0.495 e. The van der Waals surface area contributed by atoms with Crippen LogP contribution >= 0.6 is 11.6 Å². The quantitative estimate of drug-likeness (QED) is 0.691. The van der Waals surface area contributed by atoms with Gasteiger partial charge < -0.3 is 14.5 Å². The van der Waals surface area contributed by atoms with Crippen LogP contribution in [0.25, 0.3) is 17.0 Å². The van der Waals surface area contributed by atoms with Crippen LogP contribution < -0.4 is 15.5 Å². The maximum absolute atomic E-state index is 12.5. The van der Waals surface area contributed by atoms with E-state index in [4.69, 9.17) is 20.8 Å². The fourth-order valence-electron chi connectivity index (χ4n) is 2.49. The molecule has 0 aliphatic heterocycles. The summed E-state index contributed by atoms with van der Waals surface area (Å²) in [6.45, 7) is 1.90. The average molecular weight is 370 g/mol. The molecule has 132 valence electrons. The van der Waals surface area contributed by atoms with Gasteiger partial charge in [0.25, 0.3) is 0 Å². The zero-order valence-electron chi connectivity index (χ0n) is 14.2. The van der Waals surface area contributed by atoms with Crippen molar-refractivity contribution >= 4 is 40.2 Å². The summed E-state index contributed by atoms with van der Waals surface area (Å²) in [5, 5.41) is 3.61. The van der Waals surface area contributed by atoms with E-state index in [9.17, 15) is 9.59 Å². The van der Waals surface area contributed by atoms with Crippen molar-refractivity contribution in [3.05, 3.63) is 75.1 Å². The van der Waals surface area contributed by atoms with Crippen molar-refractivity contribution in [2.75, 3.05) is 12.4 Å². The minimum atomic E-state index is -0.422. The molecule has 5 nitrogen and oxygen atoms in total. The summed E-state index contributed by atoms with van der Waals surface area (Å²) in [5.74, 6) is 0.0613. The predicted octanol–water partition coefficient (Wildman–Crippen LogP) is 4.42. The molecule has 1 heterocycles. The molecule has 3 aromatic rings. The van der Waals surface area contributed by atoms with Crippen LogP contribution in [0.3, 0.4) is 0 Å². The number of nitrogens with one attached hydrogen (secondary N) is 1. The van der Waals surface area contributed by atoms with Crippen molar-refractivity contribution in [1.29, 1.82) is 0 Å². The highest BCUT2D eigenvalue weighted by atomic mass is 35.5. The first kappa shape index (κ1) is 17.8. The zero-order valence-corrected chi connectivity index (χ0v) is 15.0. The van der Waals surface area contributed by atoms with Gasteiger partial charge in [0.2, 0.25) is 5.91 Å². The van der Waals surface area contributed by atoms with Crippen molar-refractivity contribution in [3.63, 3.8) is 0 Å². The first-order valence-electron chi connectivity index (χ1n) is 7.82. The number of methoxy groups -OCH3 is 1. The minimum Gasteiger partial charge on any atom is -0.495 e. The van der Waals surface area contributed by atoms with Crippen molar-refractivity contribution in [2.24, 2.45) is 0 Å². The Balaban J connectivity index is 1.85. The lowest BCUT2D eigenvalue weighted by Gasteiger charge is -2.08. The van der Waals surface area contributed by atoms with Crippen LogP contribution in [0.1, 0.15) is 11.1 Å². The lowest BCUT2D eigenvalue weighted by molar-refractivity contribution is -0.111. The SMILES string of the molecule is COc1ccc(Cl)cc1NC(=O)/C=C/c1coc2ccc(C)cc2c1=O. The van der Waals surface area contributed by atoms with E-state index in [1.165, 1.54) is 25.5 Å². The van der Waals surface area contributed by atoms with Gasteiger partial charge in [-0.1, -0.05) is 23.2 Å². The van der Waals surface area contributed by atoms with E-state index in [1.54, 1.807) is 30.3 Å². The van der Waals surface area contributed by atoms with Gasteiger partial charge >= 0.3 is 0 Å². The minimum absolute atomic E-state index is 0.195. The molecule has 0 bridgehead atoms. The maximum atomic E-state index is 12.5. The van der Waals surface area contributed by atoms with E-state index in [1.807, 2.05) is 13.0 Å². The van der Waals surface area contributed by atoms with Gasteiger partial charge in [-0.25, -0.2) is 0 Å². The Morgan fingerprint density at radius 3 is 2.81 bits per heavy atom. The number of halogens is 1. The summed E-state index contributed by atoms with van der Waals surface area (Å²) in [6, 6.07) is 10.3. The molecular weight excluding hydrogens is 354 g/mol. The third kappa shape index (κ3) is 3.78. The lowest BCUT2D eigenvalue weighted by atomic mass is 10.1. The monoisotopic (exact) mass is 369 g/mol. The second-order valence-electron chi connectivity index (χ2n) is 5.69. The summed E-state index contributed by atoms with van der Waals surface area (Å²) in [7, 11) is 1.50. The Labute approximate surface area is 154 Å². The summed E-state index contributed by atoms with van der Waals surface area (Å²) < 4.78 is 10.6. The van der Waals surface area contributed by atoms with Gasteiger partial charge in [0.1, 0.15) is 17.6 Å². The number of hydrogen-bond donors (Lipinski definition) is 1. The van der Waals surface area contributed by atoms with Gasteiger partial charge in [-0.3, -0.25) is 9.59 Å². The molecule has 1 aromatic heterocycles. The molecule has 0 saturated heterocycles. The molecule has 0 unspecified atom stereocenters. The lowest BCUT2D eigenvalue weighted by Crippen LogP contribution is -2.10. The summed E-state index contributed by atoms with van der Waals surface area (Å²) in [5.41, 5.74) is 1.99. The van der Waals surface area contributed by atoms with Gasteiger partial charge in [-0.05, 0) is 43.3 Å². The first-order valence-corrected chi connectivity index (χ1v) is 8.20. The smallest absolute Gasteiger partial charge is 0.248 e. The van der Waals surface area contributed by atoms with Gasteiger partial charge in [-0.15, -0.1) is 0 Å². The summed E-state index contributed by atoms with van der Waals surface area (Å²) in [4.78, 5) is 24.7. The number of carbonyl (C=O) groups excluding carboxylic acids is 1. The standard InChI is InChI=1S/C20H16ClNO4/c1-12-3-6-17-15(9-12)20(24)13(11-26-17)4-8-19(23)22-16-10-14(21)5-7-18(16)25-2/h3-11H,1-2H3,(H,22,23)/b8-4+. The first-order chi connectivity index (χ1) is 12.5. The molecule has 0 radical (unpaired) electrons. The van der Waals surface area contributed by atoms with E-state index < -0.39 is 5.91 Å². The van der Waals surface area contributed by atoms with Crippen LogP contribution in [0.15, 0.2) is 57.9 Å². The number of hydrogen-bond acceptors (Lipinski definition) is 4. The van der Waals surface area contributed by atoms with E-state index in [0.717, 1.165) is 5.56 Å². The van der Waals surface area contributed by atoms with Crippen molar-refractivity contribution in [2.45, 2.75) is 6.92 Å². The highest BCUT2D eigenvalue weighted by Gasteiger charge is 2.08. The second kappa shape index (κ2) is 7.45. The maximum Gasteiger partial charge on any atom is 0.248 e. The van der Waals surface area contributed by atoms with E-state index >= 15 is 0 Å². The van der Waals surface area contributed by atoms with E-state index in [-0.39, 0.29) is 11.0 Å². The molecule has 0 spiro atoms. The van der Waals surface area contributed by atoms with E-state index in [0.29, 0.717) is 27.4 Å². The molecule has 0 atom stereocenters. The molecule has 0 aliphatic rings. The molecular formula is C20H16ClNO4. The summed E-state index contributed by atoms with van der Waals surface area (Å²) >= 11 is 5.94. The van der Waals surface area contributed by atoms with Gasteiger partial charge in [0.05, 0.1) is 23.7 Å². The van der Waals surface area contributed by atoms with Crippen molar-refractivity contribution in [1.82, 2.24) is 0 Å². The number of amides is 1. The molecule has 26 heavy (non-hydrogen) atoms. The van der Waals surface area contributed by atoms with Crippen LogP contribution in [0, 0.1) is 6.92 Å². The Kier molecular flexibility index (Phi) is 5.09. The normalized spacial score (nSPS) is 11.0. The highest BCUT2D eigenvalue weighted by molar-refractivity contribution is 6.31. The molecule has 0 aliphatic carbocycles. The third-order valence-electron chi connectivity index (χ3n) is 3.79. The molecule has 3 rings (SSSR count). The Morgan fingerprint density at radius 1 is 1.23 bits per heavy atom. The molecule has 1 amide bonds. The number of rotatable bonds is 4. The number of aryl methyl sites for hydroxylation is 1. The molecule has 6 heteroatoms. The average Bonchev–Trinajstić information content (AvgIpc) is 2.62. The van der Waals surface area contributed by atoms with Crippen molar-refractivity contribution in [3.8, 4) is 5.75 Å². The summed E-state index contributed by atoms with van der Waals surface area (Å²) in [6.07, 6.45) is 4.01. The Hall–Kier alpha value is -3.05. The molecule has 1 N–H and O–H groups in total. The number of benzene rings is 2. The number of ether oxygens (including phenoxy) is 1. The van der Waals surface area contributed by atoms with Gasteiger partial charge in [-0.2, -0.15) is 0 Å². The van der Waals surface area contributed by atoms with Crippen LogP contribution in [-0.2, 0) is 4.79 Å². The zero-order chi connectivity index (χ0) is 18.7. The van der Waals surface area contributed by atoms with Crippen LogP contribution in [0.2, 0.25) is 5.02 Å². The van der Waals surface area contributed by atoms with Crippen LogP contribution in [0.5, 0.6) is 5.75 Å². The topological polar surface area (TPSA) is 68.5 Å². The van der Waals surface area contributed by atoms with Gasteiger partial charge in [0.15, 0.2) is 5.43 Å².